The van der Waals surface area contributed by atoms with E-state index in [-0.39, 0.29) is 24.6 Å². The van der Waals surface area contributed by atoms with Crippen molar-refractivity contribution in [3.8, 4) is 5.75 Å². The number of hydrogen-bond acceptors (Lipinski definition) is 3. The van der Waals surface area contributed by atoms with Gasteiger partial charge >= 0.3 is 0 Å². The number of rotatable bonds is 4. The molecule has 2 aliphatic rings. The van der Waals surface area contributed by atoms with Crippen LogP contribution in [0.5, 0.6) is 5.75 Å². The molecule has 4 atom stereocenters. The van der Waals surface area contributed by atoms with Crippen LogP contribution in [0.4, 0.5) is 0 Å². The van der Waals surface area contributed by atoms with Gasteiger partial charge in [-0.05, 0) is 61.9 Å². The third-order valence-corrected chi connectivity index (χ3v) is 4.74. The Kier molecular flexibility index (Phi) is 5.91. The van der Waals surface area contributed by atoms with Gasteiger partial charge in [0.05, 0.1) is 6.10 Å². The van der Waals surface area contributed by atoms with E-state index in [1.54, 1.807) is 0 Å². The Balaban J connectivity index is 0.00000161. The van der Waals surface area contributed by atoms with Gasteiger partial charge in [0.2, 0.25) is 0 Å². The highest BCUT2D eigenvalue weighted by Gasteiger charge is 2.39. The van der Waals surface area contributed by atoms with Crippen molar-refractivity contribution >= 4 is 12.4 Å². The van der Waals surface area contributed by atoms with Gasteiger partial charge in [-0.15, -0.1) is 12.4 Å². The van der Waals surface area contributed by atoms with E-state index in [4.69, 9.17) is 4.74 Å². The molecule has 3 nitrogen and oxygen atoms in total. The van der Waals surface area contributed by atoms with Gasteiger partial charge in [-0.3, -0.25) is 0 Å². The molecule has 0 amide bonds. The van der Waals surface area contributed by atoms with E-state index in [9.17, 15) is 5.11 Å². The molecular formula is C17H26ClNO2. The second kappa shape index (κ2) is 7.48. The zero-order chi connectivity index (χ0) is 13.9. The summed E-state index contributed by atoms with van der Waals surface area (Å²) in [6.45, 7) is 4.32. The van der Waals surface area contributed by atoms with Crippen molar-refractivity contribution < 1.29 is 9.84 Å². The van der Waals surface area contributed by atoms with E-state index >= 15 is 0 Å². The Hall–Kier alpha value is -0.770. The zero-order valence-corrected chi connectivity index (χ0v) is 13.4. The normalized spacial score (nSPS) is 31.3. The predicted molar refractivity (Wildman–Crippen MR) is 87.2 cm³/mol. The van der Waals surface area contributed by atoms with Crippen molar-refractivity contribution in [2.45, 2.75) is 44.8 Å². The first-order valence-electron chi connectivity index (χ1n) is 7.90. The molecule has 4 heteroatoms. The van der Waals surface area contributed by atoms with Crippen molar-refractivity contribution in [2.24, 2.45) is 11.8 Å². The van der Waals surface area contributed by atoms with Crippen molar-refractivity contribution in [3.05, 3.63) is 29.8 Å². The number of nitrogens with one attached hydrogen (secondary N) is 1. The molecule has 21 heavy (non-hydrogen) atoms. The molecule has 1 saturated heterocycles. The Morgan fingerprint density at radius 2 is 1.81 bits per heavy atom. The number of benzene rings is 1. The van der Waals surface area contributed by atoms with E-state index in [1.165, 1.54) is 5.56 Å². The molecule has 1 heterocycles. The zero-order valence-electron chi connectivity index (χ0n) is 12.6. The molecule has 1 aromatic carbocycles. The van der Waals surface area contributed by atoms with E-state index in [0.717, 1.165) is 44.5 Å². The fourth-order valence-corrected chi connectivity index (χ4v) is 3.58. The number of fused-ring (bicyclic) bond motifs is 1. The Morgan fingerprint density at radius 3 is 2.48 bits per heavy atom. The van der Waals surface area contributed by atoms with Crippen molar-refractivity contribution in [2.75, 3.05) is 13.1 Å². The minimum atomic E-state index is -0.327. The molecule has 118 valence electrons. The summed E-state index contributed by atoms with van der Waals surface area (Å²) in [6, 6.07) is 8.34. The molecule has 0 radical (unpaired) electrons. The first-order chi connectivity index (χ1) is 9.76. The highest BCUT2D eigenvalue weighted by molar-refractivity contribution is 5.85. The molecule has 0 bridgehead atoms. The van der Waals surface area contributed by atoms with Crippen LogP contribution in [0.25, 0.3) is 0 Å². The van der Waals surface area contributed by atoms with Gasteiger partial charge in [0.15, 0.2) is 0 Å². The summed E-state index contributed by atoms with van der Waals surface area (Å²) in [5.74, 6) is 2.19. The smallest absolute Gasteiger partial charge is 0.125 e. The molecule has 0 aromatic heterocycles. The SMILES string of the molecule is CCCc1ccc(O[C@@H]2C[C@@H]3CNC[C@@H]3C[C@H]2O)cc1.Cl. The highest BCUT2D eigenvalue weighted by atomic mass is 35.5. The van der Waals surface area contributed by atoms with Crippen LogP contribution in [0.2, 0.25) is 0 Å². The number of aryl methyl sites for hydroxylation is 1. The lowest BCUT2D eigenvalue weighted by molar-refractivity contribution is -0.0231. The minimum Gasteiger partial charge on any atom is -0.488 e. The van der Waals surface area contributed by atoms with Gasteiger partial charge in [-0.25, -0.2) is 0 Å². The third kappa shape index (κ3) is 3.91. The monoisotopic (exact) mass is 311 g/mol. The van der Waals surface area contributed by atoms with Crippen LogP contribution >= 0.6 is 12.4 Å². The number of hydrogen-bond donors (Lipinski definition) is 2. The van der Waals surface area contributed by atoms with Gasteiger partial charge in [0.1, 0.15) is 11.9 Å². The van der Waals surface area contributed by atoms with Gasteiger partial charge in [0, 0.05) is 0 Å². The number of aliphatic hydroxyl groups excluding tert-OH is 1. The summed E-state index contributed by atoms with van der Waals surface area (Å²) in [7, 11) is 0. The largest absolute Gasteiger partial charge is 0.488 e. The van der Waals surface area contributed by atoms with E-state index in [0.29, 0.717) is 11.8 Å². The van der Waals surface area contributed by atoms with Crippen LogP contribution in [-0.2, 0) is 6.42 Å². The maximum Gasteiger partial charge on any atom is 0.125 e. The molecule has 2 N–H and O–H groups in total. The van der Waals surface area contributed by atoms with Crippen LogP contribution in [0.3, 0.4) is 0 Å². The lowest BCUT2D eigenvalue weighted by atomic mass is 9.78. The molecule has 2 fully saturated rings. The van der Waals surface area contributed by atoms with Crippen molar-refractivity contribution in [1.82, 2.24) is 5.32 Å². The first-order valence-corrected chi connectivity index (χ1v) is 7.90. The highest BCUT2D eigenvalue weighted by Crippen LogP contribution is 2.34. The van der Waals surface area contributed by atoms with Crippen LogP contribution in [0.15, 0.2) is 24.3 Å². The summed E-state index contributed by atoms with van der Waals surface area (Å²) in [4.78, 5) is 0. The molecule has 1 aliphatic carbocycles. The fourth-order valence-electron chi connectivity index (χ4n) is 3.58. The molecule has 0 unspecified atom stereocenters. The summed E-state index contributed by atoms with van der Waals surface area (Å²) in [5.41, 5.74) is 1.35. The van der Waals surface area contributed by atoms with Crippen molar-refractivity contribution in [1.29, 1.82) is 0 Å². The Morgan fingerprint density at radius 1 is 1.14 bits per heavy atom. The summed E-state index contributed by atoms with van der Waals surface area (Å²) < 4.78 is 6.03. The molecule has 1 saturated carbocycles. The predicted octanol–water partition coefficient (Wildman–Crippen LogP) is 2.80. The van der Waals surface area contributed by atoms with Crippen LogP contribution < -0.4 is 10.1 Å². The second-order valence-corrected chi connectivity index (χ2v) is 6.27. The second-order valence-electron chi connectivity index (χ2n) is 6.27. The van der Waals surface area contributed by atoms with Gasteiger partial charge in [-0.2, -0.15) is 0 Å². The molecule has 3 rings (SSSR count). The Labute approximate surface area is 133 Å². The molecule has 1 aromatic rings. The van der Waals surface area contributed by atoms with Gasteiger partial charge in [0.25, 0.3) is 0 Å². The van der Waals surface area contributed by atoms with E-state index < -0.39 is 0 Å². The third-order valence-electron chi connectivity index (χ3n) is 4.74. The lowest BCUT2D eigenvalue weighted by Gasteiger charge is -2.35. The minimum absolute atomic E-state index is 0. The molecule has 1 aliphatic heterocycles. The summed E-state index contributed by atoms with van der Waals surface area (Å²) in [5, 5.41) is 13.7. The van der Waals surface area contributed by atoms with Crippen LogP contribution in [-0.4, -0.2) is 30.4 Å². The maximum absolute atomic E-state index is 10.3. The Bertz CT molecular complexity index is 437. The average Bonchev–Trinajstić information content (AvgIpc) is 2.89. The average molecular weight is 312 g/mol. The standard InChI is InChI=1S/C17H25NO2.ClH/c1-2-3-12-4-6-15(7-5-12)20-17-9-14-11-18-10-13(14)8-16(17)19;/h4-7,13-14,16-19H,2-3,8-11H2,1H3;1H/t13-,14+,16+,17+;/m0./s1. The lowest BCUT2D eigenvalue weighted by Crippen LogP contribution is -2.42. The summed E-state index contributed by atoms with van der Waals surface area (Å²) >= 11 is 0. The number of halogens is 1. The van der Waals surface area contributed by atoms with Crippen LogP contribution in [0, 0.1) is 11.8 Å². The van der Waals surface area contributed by atoms with E-state index in [1.807, 2.05) is 12.1 Å². The van der Waals surface area contributed by atoms with E-state index in [2.05, 4.69) is 24.4 Å². The fraction of sp³-hybridized carbons (Fsp3) is 0.647. The summed E-state index contributed by atoms with van der Waals surface area (Å²) in [6.07, 6.45) is 3.74. The molecular weight excluding hydrogens is 286 g/mol. The number of ether oxygens (including phenoxy) is 1. The number of aliphatic hydroxyl groups is 1. The van der Waals surface area contributed by atoms with Crippen molar-refractivity contribution in [3.63, 3.8) is 0 Å². The molecule has 0 spiro atoms. The first kappa shape index (κ1) is 16.6. The quantitative estimate of drug-likeness (QED) is 0.898. The maximum atomic E-state index is 10.3. The van der Waals surface area contributed by atoms with Crippen LogP contribution in [0.1, 0.15) is 31.7 Å². The van der Waals surface area contributed by atoms with Gasteiger partial charge in [-0.1, -0.05) is 25.5 Å². The van der Waals surface area contributed by atoms with Gasteiger partial charge < -0.3 is 15.2 Å². The topological polar surface area (TPSA) is 41.5 Å².